The van der Waals surface area contributed by atoms with Crippen molar-refractivity contribution in [2.24, 2.45) is 11.3 Å². The van der Waals surface area contributed by atoms with Crippen LogP contribution in [0.2, 0.25) is 0 Å². The van der Waals surface area contributed by atoms with Crippen LogP contribution in [-0.4, -0.2) is 71.9 Å². The zero-order chi connectivity index (χ0) is 29.7. The van der Waals surface area contributed by atoms with E-state index in [4.69, 9.17) is 19.2 Å². The Morgan fingerprint density at radius 2 is 2.00 bits per heavy atom. The van der Waals surface area contributed by atoms with E-state index in [1.54, 1.807) is 33.9 Å². The van der Waals surface area contributed by atoms with Crippen LogP contribution in [0.4, 0.5) is 4.79 Å². The van der Waals surface area contributed by atoms with Crippen LogP contribution in [0, 0.1) is 23.2 Å². The number of carbonyl (C=O) groups is 3. The molecule has 3 unspecified atom stereocenters. The molecule has 0 bridgehead atoms. The Bertz CT molecular complexity index is 1360. The van der Waals surface area contributed by atoms with Gasteiger partial charge in [0.1, 0.15) is 29.5 Å². The molecule has 2 fully saturated rings. The van der Waals surface area contributed by atoms with Gasteiger partial charge in [-0.1, -0.05) is 39.5 Å². The third kappa shape index (κ3) is 7.57. The van der Waals surface area contributed by atoms with Gasteiger partial charge in [-0.15, -0.1) is 0 Å². The SMILES string of the molecule is COC(=O)C1CC(Oc2[nH+]c3cc(OC)ccc3nc2C#CCCCC2CC2)CN1C(=O)C(NC(=O)O)C(C)(C)C. The van der Waals surface area contributed by atoms with E-state index < -0.39 is 41.6 Å². The number of amides is 2. The first-order chi connectivity index (χ1) is 19.5. The molecule has 1 aliphatic carbocycles. The van der Waals surface area contributed by atoms with Crippen LogP contribution in [0.1, 0.15) is 65.0 Å². The molecule has 2 aliphatic rings. The molecule has 4 rings (SSSR count). The molecule has 0 radical (unpaired) electrons. The fourth-order valence-corrected chi connectivity index (χ4v) is 4.98. The van der Waals surface area contributed by atoms with Crippen molar-refractivity contribution in [3.05, 3.63) is 23.9 Å². The number of H-pyrrole nitrogens is 1. The van der Waals surface area contributed by atoms with E-state index in [0.29, 0.717) is 28.4 Å². The molecule has 220 valence electrons. The first-order valence-corrected chi connectivity index (χ1v) is 13.9. The summed E-state index contributed by atoms with van der Waals surface area (Å²) in [6.45, 7) is 5.30. The minimum Gasteiger partial charge on any atom is -0.497 e. The van der Waals surface area contributed by atoms with Crippen LogP contribution < -0.4 is 19.8 Å². The van der Waals surface area contributed by atoms with Crippen LogP contribution in [0.15, 0.2) is 18.2 Å². The van der Waals surface area contributed by atoms with E-state index in [-0.39, 0.29) is 13.0 Å². The van der Waals surface area contributed by atoms with Crippen molar-refractivity contribution in [3.8, 4) is 23.5 Å². The number of unbranched alkanes of at least 4 members (excludes halogenated alkanes) is 1. The predicted molar refractivity (Wildman–Crippen MR) is 149 cm³/mol. The van der Waals surface area contributed by atoms with Crippen LogP contribution >= 0.6 is 0 Å². The monoisotopic (exact) mass is 567 g/mol. The number of likely N-dealkylation sites (tertiary alicyclic amines) is 1. The highest BCUT2D eigenvalue weighted by molar-refractivity contribution is 5.90. The maximum Gasteiger partial charge on any atom is 0.405 e. The zero-order valence-electron chi connectivity index (χ0n) is 24.3. The third-order valence-electron chi connectivity index (χ3n) is 7.40. The molecule has 0 spiro atoms. The summed E-state index contributed by atoms with van der Waals surface area (Å²) in [5.74, 6) is 7.03. The Morgan fingerprint density at radius 1 is 1.24 bits per heavy atom. The van der Waals surface area contributed by atoms with Crippen molar-refractivity contribution in [2.45, 2.75) is 77.5 Å². The molecule has 41 heavy (non-hydrogen) atoms. The first-order valence-electron chi connectivity index (χ1n) is 13.9. The number of hydrogen-bond acceptors (Lipinski definition) is 7. The van der Waals surface area contributed by atoms with Crippen LogP contribution in [0.25, 0.3) is 11.0 Å². The summed E-state index contributed by atoms with van der Waals surface area (Å²) >= 11 is 0. The number of aromatic nitrogens is 2. The van der Waals surface area contributed by atoms with Crippen molar-refractivity contribution in [1.29, 1.82) is 0 Å². The fourth-order valence-electron chi connectivity index (χ4n) is 4.98. The summed E-state index contributed by atoms with van der Waals surface area (Å²) in [5.41, 5.74) is 1.04. The first kappa shape index (κ1) is 29.9. The van der Waals surface area contributed by atoms with Crippen molar-refractivity contribution < 1.29 is 38.7 Å². The Hall–Kier alpha value is -4.07. The van der Waals surface area contributed by atoms with E-state index in [9.17, 15) is 19.5 Å². The number of nitrogens with one attached hydrogen (secondary N) is 2. The topological polar surface area (TPSA) is 141 Å². The van der Waals surface area contributed by atoms with Gasteiger partial charge in [-0.25, -0.2) is 14.6 Å². The van der Waals surface area contributed by atoms with Gasteiger partial charge in [0, 0.05) is 12.8 Å². The largest absolute Gasteiger partial charge is 0.497 e. The van der Waals surface area contributed by atoms with Crippen LogP contribution in [0.5, 0.6) is 11.6 Å². The highest BCUT2D eigenvalue weighted by Gasteiger charge is 2.46. The van der Waals surface area contributed by atoms with Crippen molar-refractivity contribution >= 4 is 29.0 Å². The lowest BCUT2D eigenvalue weighted by atomic mass is 9.85. The normalized spacial score (nSPS) is 19.2. The quantitative estimate of drug-likeness (QED) is 0.267. The number of benzene rings is 1. The predicted octanol–water partition coefficient (Wildman–Crippen LogP) is 3.19. The number of carboxylic acid groups (broad SMARTS) is 1. The molecule has 1 aromatic heterocycles. The molecule has 1 saturated carbocycles. The summed E-state index contributed by atoms with van der Waals surface area (Å²) in [6.07, 6.45) is 3.81. The van der Waals surface area contributed by atoms with Gasteiger partial charge in [0.2, 0.25) is 17.1 Å². The highest BCUT2D eigenvalue weighted by Crippen LogP contribution is 2.34. The van der Waals surface area contributed by atoms with Gasteiger partial charge >= 0.3 is 17.9 Å². The van der Waals surface area contributed by atoms with Gasteiger partial charge < -0.3 is 29.5 Å². The highest BCUT2D eigenvalue weighted by atomic mass is 16.5. The molecule has 1 aliphatic heterocycles. The molecule has 1 aromatic carbocycles. The van der Waals surface area contributed by atoms with Crippen LogP contribution in [-0.2, 0) is 14.3 Å². The lowest BCUT2D eigenvalue weighted by molar-refractivity contribution is -0.366. The van der Waals surface area contributed by atoms with Gasteiger partial charge in [0.15, 0.2) is 0 Å². The van der Waals surface area contributed by atoms with Crippen LogP contribution in [0.3, 0.4) is 0 Å². The Labute approximate surface area is 239 Å². The van der Waals surface area contributed by atoms with Gasteiger partial charge in [0.25, 0.3) is 0 Å². The average molecular weight is 568 g/mol. The van der Waals surface area contributed by atoms with E-state index in [0.717, 1.165) is 18.8 Å². The lowest BCUT2D eigenvalue weighted by Crippen LogP contribution is -2.56. The Morgan fingerprint density at radius 3 is 2.63 bits per heavy atom. The molecule has 1 saturated heterocycles. The number of hydrogen-bond donors (Lipinski definition) is 2. The van der Waals surface area contributed by atoms with Crippen molar-refractivity contribution in [2.75, 3.05) is 20.8 Å². The number of rotatable bonds is 9. The minimum atomic E-state index is -1.33. The summed E-state index contributed by atoms with van der Waals surface area (Å²) in [4.78, 5) is 47.1. The van der Waals surface area contributed by atoms with Crippen molar-refractivity contribution in [1.82, 2.24) is 15.2 Å². The second-order valence-corrected chi connectivity index (χ2v) is 11.7. The third-order valence-corrected chi connectivity index (χ3v) is 7.40. The number of carbonyl (C=O) groups excluding carboxylic acids is 2. The maximum absolute atomic E-state index is 13.6. The minimum absolute atomic E-state index is 0.0464. The summed E-state index contributed by atoms with van der Waals surface area (Å²) in [6, 6.07) is 3.43. The second kappa shape index (κ2) is 12.6. The molecular formula is C30H39N4O7+. The fraction of sp³-hybridized carbons (Fsp3) is 0.567. The second-order valence-electron chi connectivity index (χ2n) is 11.7. The van der Waals surface area contributed by atoms with Crippen molar-refractivity contribution in [3.63, 3.8) is 0 Å². The van der Waals surface area contributed by atoms with Gasteiger partial charge in [0.05, 0.1) is 26.8 Å². The van der Waals surface area contributed by atoms with E-state index in [1.807, 2.05) is 12.1 Å². The molecule has 11 heteroatoms. The number of nitrogens with zero attached hydrogens (tertiary/aromatic N) is 2. The van der Waals surface area contributed by atoms with E-state index in [2.05, 4.69) is 22.1 Å². The number of esters is 1. The number of aromatic amines is 1. The maximum atomic E-state index is 13.6. The van der Waals surface area contributed by atoms with Gasteiger partial charge in [-0.3, -0.25) is 4.79 Å². The Kier molecular flexibility index (Phi) is 9.21. The summed E-state index contributed by atoms with van der Waals surface area (Å²) in [5, 5.41) is 11.7. The number of methoxy groups -OCH3 is 2. The lowest BCUT2D eigenvalue weighted by Gasteiger charge is -2.34. The summed E-state index contributed by atoms with van der Waals surface area (Å²) < 4.78 is 16.7. The van der Waals surface area contributed by atoms with Gasteiger partial charge in [-0.2, -0.15) is 4.98 Å². The average Bonchev–Trinajstić information content (AvgIpc) is 3.66. The molecule has 2 amide bonds. The molecule has 3 atom stereocenters. The molecule has 3 N–H and O–H groups in total. The molecular weight excluding hydrogens is 528 g/mol. The molecule has 2 aromatic rings. The standard InChI is InChI=1S/C30H38N4O7/c1-30(2,3)25(33-29(37)38)27(35)34-17-20(16-24(34)28(36)40-5)41-26-22(10-8-6-7-9-18-11-12-18)31-21-14-13-19(39-4)15-23(21)32-26/h13-15,18,20,24-25,33H,6-7,9,11-12,16-17H2,1-5H3,(H,37,38)/p+1. The molecule has 11 nitrogen and oxygen atoms in total. The van der Waals surface area contributed by atoms with E-state index in [1.165, 1.54) is 31.3 Å². The summed E-state index contributed by atoms with van der Waals surface area (Å²) in [7, 11) is 2.83. The Balaban J connectivity index is 1.61. The molecule has 2 heterocycles. The number of ether oxygens (including phenoxy) is 3. The van der Waals surface area contributed by atoms with E-state index >= 15 is 0 Å². The smallest absolute Gasteiger partial charge is 0.405 e. The zero-order valence-corrected chi connectivity index (χ0v) is 24.3. The number of fused-ring (bicyclic) bond motifs is 1. The van der Waals surface area contributed by atoms with Gasteiger partial charge in [-0.05, 0) is 42.2 Å².